The molecule has 1 N–H and O–H groups in total. The van der Waals surface area contributed by atoms with Crippen LogP contribution in [0, 0.1) is 0 Å². The van der Waals surface area contributed by atoms with Gasteiger partial charge in [-0.3, -0.25) is 9.69 Å². The number of hydrogen-bond acceptors (Lipinski definition) is 2. The molecule has 1 aliphatic heterocycles. The minimum absolute atomic E-state index is 0.120. The van der Waals surface area contributed by atoms with Gasteiger partial charge in [0.25, 0.3) is 0 Å². The molecule has 1 heterocycles. The summed E-state index contributed by atoms with van der Waals surface area (Å²) in [5.41, 5.74) is 1.05. The molecule has 1 aliphatic rings. The summed E-state index contributed by atoms with van der Waals surface area (Å²) in [4.78, 5) is 14.4. The lowest BCUT2D eigenvalue weighted by molar-refractivity contribution is -0.121. The Hall–Kier alpha value is -1.13. The lowest BCUT2D eigenvalue weighted by Gasteiger charge is -2.31. The first-order valence-electron chi connectivity index (χ1n) is 7.04. The summed E-state index contributed by atoms with van der Waals surface area (Å²) in [5.74, 6) is 0.120. The number of likely N-dealkylation sites (tertiary alicyclic amines) is 1. The third kappa shape index (κ3) is 4.76. The van der Waals surface area contributed by atoms with E-state index in [0.717, 1.165) is 42.5 Å². The van der Waals surface area contributed by atoms with Gasteiger partial charge in [0.1, 0.15) is 0 Å². The van der Waals surface area contributed by atoms with Crippen LogP contribution in [0.1, 0.15) is 18.4 Å². The Kier molecular flexibility index (Phi) is 5.80. The second kappa shape index (κ2) is 7.60. The summed E-state index contributed by atoms with van der Waals surface area (Å²) in [6, 6.07) is 8.22. The standard InChI is InChI=1S/C16H21BrN2O/c1-2-9-19-10-7-15(8-11-19)18-16(20)12-13-3-5-14(17)6-4-13/h2-6,15H,1,7-12H2,(H,18,20). The van der Waals surface area contributed by atoms with Gasteiger partial charge in [0.05, 0.1) is 6.42 Å². The second-order valence-electron chi connectivity index (χ2n) is 5.23. The van der Waals surface area contributed by atoms with Crippen LogP contribution in [0.2, 0.25) is 0 Å². The minimum Gasteiger partial charge on any atom is -0.353 e. The highest BCUT2D eigenvalue weighted by atomic mass is 79.9. The van der Waals surface area contributed by atoms with Crippen LogP contribution in [0.25, 0.3) is 0 Å². The zero-order valence-electron chi connectivity index (χ0n) is 11.6. The zero-order chi connectivity index (χ0) is 14.4. The first kappa shape index (κ1) is 15.3. The third-order valence-electron chi connectivity index (χ3n) is 3.62. The lowest BCUT2D eigenvalue weighted by Crippen LogP contribution is -2.45. The SMILES string of the molecule is C=CCN1CCC(NC(=O)Cc2ccc(Br)cc2)CC1. The number of carbonyl (C=O) groups is 1. The molecule has 0 bridgehead atoms. The Morgan fingerprint density at radius 1 is 1.35 bits per heavy atom. The number of piperidine rings is 1. The molecule has 0 radical (unpaired) electrons. The van der Waals surface area contributed by atoms with E-state index in [9.17, 15) is 4.79 Å². The van der Waals surface area contributed by atoms with Crippen LogP contribution in [0.3, 0.4) is 0 Å². The van der Waals surface area contributed by atoms with E-state index >= 15 is 0 Å². The molecule has 4 heteroatoms. The van der Waals surface area contributed by atoms with Crippen molar-refractivity contribution in [3.8, 4) is 0 Å². The molecule has 0 aliphatic carbocycles. The van der Waals surface area contributed by atoms with Crippen molar-refractivity contribution in [3.63, 3.8) is 0 Å². The molecule has 0 saturated carbocycles. The van der Waals surface area contributed by atoms with Crippen LogP contribution in [0.15, 0.2) is 41.4 Å². The van der Waals surface area contributed by atoms with Crippen LogP contribution < -0.4 is 5.32 Å². The van der Waals surface area contributed by atoms with Crippen molar-refractivity contribution in [2.24, 2.45) is 0 Å². The number of hydrogen-bond donors (Lipinski definition) is 1. The topological polar surface area (TPSA) is 32.3 Å². The Balaban J connectivity index is 1.75. The molecule has 2 rings (SSSR count). The molecule has 1 fully saturated rings. The number of benzene rings is 1. The number of rotatable bonds is 5. The quantitative estimate of drug-likeness (QED) is 0.838. The van der Waals surface area contributed by atoms with E-state index in [0.29, 0.717) is 12.5 Å². The highest BCUT2D eigenvalue weighted by Crippen LogP contribution is 2.12. The summed E-state index contributed by atoms with van der Waals surface area (Å²) in [6.07, 6.45) is 4.45. The molecule has 1 saturated heterocycles. The van der Waals surface area contributed by atoms with Gasteiger partial charge in [0.2, 0.25) is 5.91 Å². The van der Waals surface area contributed by atoms with Crippen LogP contribution in [-0.2, 0) is 11.2 Å². The number of carbonyl (C=O) groups excluding carboxylic acids is 1. The van der Waals surface area contributed by atoms with E-state index in [4.69, 9.17) is 0 Å². The third-order valence-corrected chi connectivity index (χ3v) is 4.15. The zero-order valence-corrected chi connectivity index (χ0v) is 13.2. The monoisotopic (exact) mass is 336 g/mol. The van der Waals surface area contributed by atoms with Gasteiger partial charge in [0.15, 0.2) is 0 Å². The number of amides is 1. The maximum atomic E-state index is 12.0. The van der Waals surface area contributed by atoms with Crippen molar-refractivity contribution in [3.05, 3.63) is 47.0 Å². The van der Waals surface area contributed by atoms with Gasteiger partial charge < -0.3 is 5.32 Å². The molecule has 1 aromatic carbocycles. The van der Waals surface area contributed by atoms with Crippen LogP contribution in [0.5, 0.6) is 0 Å². The summed E-state index contributed by atoms with van der Waals surface area (Å²) >= 11 is 3.40. The highest BCUT2D eigenvalue weighted by molar-refractivity contribution is 9.10. The van der Waals surface area contributed by atoms with Crippen molar-refractivity contribution in [2.75, 3.05) is 19.6 Å². The van der Waals surface area contributed by atoms with Crippen molar-refractivity contribution in [1.82, 2.24) is 10.2 Å². The molecule has 0 spiro atoms. The molecule has 108 valence electrons. The molecule has 0 unspecified atom stereocenters. The molecule has 20 heavy (non-hydrogen) atoms. The molecule has 1 amide bonds. The molecular weight excluding hydrogens is 316 g/mol. The normalized spacial score (nSPS) is 16.9. The maximum Gasteiger partial charge on any atom is 0.224 e. The van der Waals surface area contributed by atoms with E-state index in [-0.39, 0.29) is 5.91 Å². The fourth-order valence-corrected chi connectivity index (χ4v) is 2.77. The fourth-order valence-electron chi connectivity index (χ4n) is 2.51. The fraction of sp³-hybridized carbons (Fsp3) is 0.438. The molecule has 1 aromatic rings. The summed E-state index contributed by atoms with van der Waals surface area (Å²) < 4.78 is 1.04. The van der Waals surface area contributed by atoms with Crippen LogP contribution in [-0.4, -0.2) is 36.5 Å². The van der Waals surface area contributed by atoms with Gasteiger partial charge >= 0.3 is 0 Å². The lowest BCUT2D eigenvalue weighted by atomic mass is 10.0. The Labute approximate surface area is 129 Å². The maximum absolute atomic E-state index is 12.0. The van der Waals surface area contributed by atoms with E-state index in [2.05, 4.69) is 32.7 Å². The number of nitrogens with one attached hydrogen (secondary N) is 1. The first-order valence-corrected chi connectivity index (χ1v) is 7.83. The average Bonchev–Trinajstić information content (AvgIpc) is 2.44. The van der Waals surface area contributed by atoms with E-state index in [1.165, 1.54) is 0 Å². The Bertz CT molecular complexity index is 450. The summed E-state index contributed by atoms with van der Waals surface area (Å²) in [5, 5.41) is 3.14. The van der Waals surface area contributed by atoms with E-state index in [1.54, 1.807) is 0 Å². The predicted molar refractivity (Wildman–Crippen MR) is 85.6 cm³/mol. The van der Waals surface area contributed by atoms with Gasteiger partial charge in [0, 0.05) is 30.1 Å². The van der Waals surface area contributed by atoms with Crippen LogP contribution in [0.4, 0.5) is 0 Å². The van der Waals surface area contributed by atoms with Crippen molar-refractivity contribution < 1.29 is 4.79 Å². The smallest absolute Gasteiger partial charge is 0.224 e. The average molecular weight is 337 g/mol. The van der Waals surface area contributed by atoms with Crippen molar-refractivity contribution in [2.45, 2.75) is 25.3 Å². The van der Waals surface area contributed by atoms with Gasteiger partial charge in [-0.15, -0.1) is 6.58 Å². The summed E-state index contributed by atoms with van der Waals surface area (Å²) in [6.45, 7) is 6.78. The molecule has 0 atom stereocenters. The van der Waals surface area contributed by atoms with E-state index < -0.39 is 0 Å². The summed E-state index contributed by atoms with van der Waals surface area (Å²) in [7, 11) is 0. The minimum atomic E-state index is 0.120. The van der Waals surface area contributed by atoms with Gasteiger partial charge in [-0.2, -0.15) is 0 Å². The predicted octanol–water partition coefficient (Wildman–Crippen LogP) is 2.76. The molecule has 3 nitrogen and oxygen atoms in total. The number of nitrogens with zero attached hydrogens (tertiary/aromatic N) is 1. The van der Waals surface area contributed by atoms with Gasteiger partial charge in [-0.05, 0) is 30.5 Å². The number of halogens is 1. The van der Waals surface area contributed by atoms with Gasteiger partial charge in [-0.25, -0.2) is 0 Å². The van der Waals surface area contributed by atoms with Crippen LogP contribution >= 0.6 is 15.9 Å². The van der Waals surface area contributed by atoms with Gasteiger partial charge in [-0.1, -0.05) is 34.1 Å². The van der Waals surface area contributed by atoms with Crippen molar-refractivity contribution >= 4 is 21.8 Å². The molecule has 0 aromatic heterocycles. The first-order chi connectivity index (χ1) is 9.67. The largest absolute Gasteiger partial charge is 0.353 e. The highest BCUT2D eigenvalue weighted by Gasteiger charge is 2.19. The van der Waals surface area contributed by atoms with E-state index in [1.807, 2.05) is 30.3 Å². The Morgan fingerprint density at radius 2 is 2.00 bits per heavy atom. The Morgan fingerprint density at radius 3 is 2.60 bits per heavy atom. The van der Waals surface area contributed by atoms with Crippen molar-refractivity contribution in [1.29, 1.82) is 0 Å². The molecular formula is C16H21BrN2O. The second-order valence-corrected chi connectivity index (χ2v) is 6.15.